The first kappa shape index (κ1) is 15.5. The van der Waals surface area contributed by atoms with Crippen LogP contribution in [-0.4, -0.2) is 5.97 Å². The molecule has 0 aliphatic rings. The van der Waals surface area contributed by atoms with Crippen LogP contribution in [0, 0.1) is 14.9 Å². The van der Waals surface area contributed by atoms with E-state index in [1.54, 1.807) is 0 Å². The van der Waals surface area contributed by atoms with E-state index in [9.17, 15) is 4.79 Å². The SMILES string of the molecule is CCCC(C)(C(=O)Oc1ccccc1I)C(C)C. The van der Waals surface area contributed by atoms with Gasteiger partial charge in [0.2, 0.25) is 0 Å². The Morgan fingerprint density at radius 3 is 2.50 bits per heavy atom. The monoisotopic (exact) mass is 360 g/mol. The van der Waals surface area contributed by atoms with Crippen LogP contribution in [0.4, 0.5) is 0 Å². The summed E-state index contributed by atoms with van der Waals surface area (Å²) in [7, 11) is 0. The molecule has 0 radical (unpaired) electrons. The fourth-order valence-corrected chi connectivity index (χ4v) is 2.39. The number of rotatable bonds is 5. The number of esters is 1. The average molecular weight is 360 g/mol. The zero-order chi connectivity index (χ0) is 13.8. The summed E-state index contributed by atoms with van der Waals surface area (Å²) in [6.07, 6.45) is 1.84. The third-order valence-corrected chi connectivity index (χ3v) is 4.44. The predicted molar refractivity (Wildman–Crippen MR) is 82.6 cm³/mol. The van der Waals surface area contributed by atoms with Crippen molar-refractivity contribution in [1.82, 2.24) is 0 Å². The molecule has 1 rings (SSSR count). The third-order valence-electron chi connectivity index (χ3n) is 3.55. The highest BCUT2D eigenvalue weighted by molar-refractivity contribution is 14.1. The molecular formula is C15H21IO2. The first-order chi connectivity index (χ1) is 8.41. The fraction of sp³-hybridized carbons (Fsp3) is 0.533. The molecule has 0 spiro atoms. The van der Waals surface area contributed by atoms with E-state index in [1.807, 2.05) is 31.2 Å². The molecular weight excluding hydrogens is 339 g/mol. The number of ether oxygens (including phenoxy) is 1. The van der Waals surface area contributed by atoms with E-state index in [1.165, 1.54) is 0 Å². The molecule has 100 valence electrons. The van der Waals surface area contributed by atoms with Crippen molar-refractivity contribution in [3.8, 4) is 5.75 Å². The lowest BCUT2D eigenvalue weighted by Gasteiger charge is -2.31. The molecule has 0 N–H and O–H groups in total. The Morgan fingerprint density at radius 1 is 1.39 bits per heavy atom. The van der Waals surface area contributed by atoms with Crippen molar-refractivity contribution in [2.75, 3.05) is 0 Å². The lowest BCUT2D eigenvalue weighted by molar-refractivity contribution is -0.148. The molecule has 1 unspecified atom stereocenters. The minimum atomic E-state index is -0.409. The molecule has 0 fully saturated rings. The van der Waals surface area contributed by atoms with Gasteiger partial charge in [-0.05, 0) is 54.0 Å². The first-order valence-electron chi connectivity index (χ1n) is 6.38. The van der Waals surface area contributed by atoms with Gasteiger partial charge in [-0.1, -0.05) is 39.3 Å². The van der Waals surface area contributed by atoms with E-state index in [0.717, 1.165) is 16.4 Å². The molecule has 0 heterocycles. The lowest BCUT2D eigenvalue weighted by Crippen LogP contribution is -2.36. The first-order valence-corrected chi connectivity index (χ1v) is 7.46. The maximum absolute atomic E-state index is 12.4. The Bertz CT molecular complexity index is 415. The highest BCUT2D eigenvalue weighted by atomic mass is 127. The summed E-state index contributed by atoms with van der Waals surface area (Å²) in [6, 6.07) is 7.60. The molecule has 1 atom stereocenters. The Kier molecular flexibility index (Phi) is 5.63. The Morgan fingerprint density at radius 2 is 2.00 bits per heavy atom. The second-order valence-corrected chi connectivity index (χ2v) is 6.30. The van der Waals surface area contributed by atoms with Crippen LogP contribution in [0.25, 0.3) is 0 Å². The summed E-state index contributed by atoms with van der Waals surface area (Å²) in [5.41, 5.74) is -0.409. The number of halogens is 1. The minimum Gasteiger partial charge on any atom is -0.425 e. The quantitative estimate of drug-likeness (QED) is 0.434. The molecule has 0 aliphatic heterocycles. The molecule has 0 bridgehead atoms. The fourth-order valence-electron chi connectivity index (χ4n) is 1.89. The standard InChI is InChI=1S/C15H21IO2/c1-5-10-15(4,11(2)3)14(17)18-13-9-7-6-8-12(13)16/h6-9,11H,5,10H2,1-4H3. The van der Waals surface area contributed by atoms with E-state index in [-0.39, 0.29) is 11.9 Å². The number of hydrogen-bond donors (Lipinski definition) is 0. The summed E-state index contributed by atoms with van der Waals surface area (Å²) in [4.78, 5) is 12.4. The van der Waals surface area contributed by atoms with Crippen molar-refractivity contribution in [3.05, 3.63) is 27.8 Å². The van der Waals surface area contributed by atoms with E-state index >= 15 is 0 Å². The van der Waals surface area contributed by atoms with Crippen LogP contribution in [-0.2, 0) is 4.79 Å². The van der Waals surface area contributed by atoms with Crippen LogP contribution in [0.15, 0.2) is 24.3 Å². The minimum absolute atomic E-state index is 0.122. The van der Waals surface area contributed by atoms with Crippen LogP contribution in [0.1, 0.15) is 40.5 Å². The Balaban J connectivity index is 2.90. The van der Waals surface area contributed by atoms with E-state index in [2.05, 4.69) is 43.4 Å². The zero-order valence-electron chi connectivity index (χ0n) is 11.5. The molecule has 1 aromatic carbocycles. The van der Waals surface area contributed by atoms with Crippen LogP contribution in [0.2, 0.25) is 0 Å². The van der Waals surface area contributed by atoms with Crippen molar-refractivity contribution in [1.29, 1.82) is 0 Å². The van der Waals surface area contributed by atoms with Gasteiger partial charge in [0.15, 0.2) is 0 Å². The summed E-state index contributed by atoms with van der Waals surface area (Å²) >= 11 is 2.18. The Labute approximate surface area is 123 Å². The van der Waals surface area contributed by atoms with Crippen LogP contribution >= 0.6 is 22.6 Å². The van der Waals surface area contributed by atoms with Gasteiger partial charge in [0.25, 0.3) is 0 Å². The second-order valence-electron chi connectivity index (χ2n) is 5.14. The van der Waals surface area contributed by atoms with Gasteiger partial charge in [-0.15, -0.1) is 0 Å². The van der Waals surface area contributed by atoms with Crippen molar-refractivity contribution in [3.63, 3.8) is 0 Å². The van der Waals surface area contributed by atoms with Crippen LogP contribution < -0.4 is 4.74 Å². The van der Waals surface area contributed by atoms with Gasteiger partial charge in [0, 0.05) is 0 Å². The lowest BCUT2D eigenvalue weighted by atomic mass is 9.75. The van der Waals surface area contributed by atoms with E-state index < -0.39 is 5.41 Å². The zero-order valence-corrected chi connectivity index (χ0v) is 13.7. The number of benzene rings is 1. The highest BCUT2D eigenvalue weighted by Crippen LogP contribution is 2.35. The molecule has 3 heteroatoms. The molecule has 0 aliphatic carbocycles. The number of para-hydroxylation sites is 1. The third kappa shape index (κ3) is 3.46. The summed E-state index contributed by atoms with van der Waals surface area (Å²) < 4.78 is 6.54. The maximum Gasteiger partial charge on any atom is 0.317 e. The van der Waals surface area contributed by atoms with Crippen LogP contribution in [0.5, 0.6) is 5.75 Å². The van der Waals surface area contributed by atoms with Gasteiger partial charge < -0.3 is 4.74 Å². The van der Waals surface area contributed by atoms with Gasteiger partial charge in [0.1, 0.15) is 5.75 Å². The predicted octanol–water partition coefficient (Wildman–Crippen LogP) is 4.66. The second kappa shape index (κ2) is 6.55. The molecule has 2 nitrogen and oxygen atoms in total. The number of carbonyl (C=O) groups is 1. The van der Waals surface area contributed by atoms with Gasteiger partial charge >= 0.3 is 5.97 Å². The van der Waals surface area contributed by atoms with Crippen molar-refractivity contribution >= 4 is 28.6 Å². The highest BCUT2D eigenvalue weighted by Gasteiger charge is 2.37. The van der Waals surface area contributed by atoms with Crippen LogP contribution in [0.3, 0.4) is 0 Å². The van der Waals surface area contributed by atoms with Gasteiger partial charge in [0.05, 0.1) is 8.99 Å². The molecule has 1 aromatic rings. The molecule has 0 saturated heterocycles. The van der Waals surface area contributed by atoms with Gasteiger partial charge in [-0.3, -0.25) is 4.79 Å². The number of carbonyl (C=O) groups excluding carboxylic acids is 1. The van der Waals surface area contributed by atoms with Crippen molar-refractivity contribution < 1.29 is 9.53 Å². The molecule has 18 heavy (non-hydrogen) atoms. The summed E-state index contributed by atoms with van der Waals surface area (Å²) in [6.45, 7) is 8.25. The van der Waals surface area contributed by atoms with E-state index in [4.69, 9.17) is 4.74 Å². The summed E-state index contributed by atoms with van der Waals surface area (Å²) in [5, 5.41) is 0. The molecule has 0 aromatic heterocycles. The average Bonchev–Trinajstić information content (AvgIpc) is 2.32. The van der Waals surface area contributed by atoms with Crippen molar-refractivity contribution in [2.45, 2.75) is 40.5 Å². The van der Waals surface area contributed by atoms with Crippen molar-refractivity contribution in [2.24, 2.45) is 11.3 Å². The maximum atomic E-state index is 12.4. The summed E-state index contributed by atoms with van der Waals surface area (Å²) in [5.74, 6) is 0.806. The molecule has 0 amide bonds. The Hall–Kier alpha value is -0.580. The number of hydrogen-bond acceptors (Lipinski definition) is 2. The topological polar surface area (TPSA) is 26.3 Å². The largest absolute Gasteiger partial charge is 0.425 e. The van der Waals surface area contributed by atoms with Gasteiger partial charge in [-0.25, -0.2) is 0 Å². The smallest absolute Gasteiger partial charge is 0.317 e. The van der Waals surface area contributed by atoms with Gasteiger partial charge in [-0.2, -0.15) is 0 Å². The van der Waals surface area contributed by atoms with E-state index in [0.29, 0.717) is 5.75 Å². The normalized spacial score (nSPS) is 14.3. The molecule has 0 saturated carbocycles.